The molecule has 0 saturated heterocycles. The Hall–Kier alpha value is -2.25. The van der Waals surface area contributed by atoms with Crippen molar-refractivity contribution in [3.05, 3.63) is 42.2 Å². The molecule has 0 aliphatic carbocycles. The molecule has 0 saturated carbocycles. The van der Waals surface area contributed by atoms with Crippen LogP contribution in [0.15, 0.2) is 30.9 Å². The third kappa shape index (κ3) is 5.63. The maximum Gasteiger partial charge on any atom is 0.389 e. The molecule has 8 heteroatoms. The first-order valence-corrected chi connectivity index (χ1v) is 6.82. The molecule has 0 spiro atoms. The Labute approximate surface area is 126 Å². The number of rotatable bonds is 6. The first kappa shape index (κ1) is 16.1. The summed E-state index contributed by atoms with van der Waals surface area (Å²) in [6.45, 7) is 1.92. The lowest BCUT2D eigenvalue weighted by atomic mass is 10.2. The fourth-order valence-corrected chi connectivity index (χ4v) is 1.90. The Morgan fingerprint density at radius 3 is 2.64 bits per heavy atom. The monoisotopic (exact) mass is 311 g/mol. The minimum atomic E-state index is -4.18. The fraction of sp³-hybridized carbons (Fsp3) is 0.429. The molecule has 118 valence electrons. The lowest BCUT2D eigenvalue weighted by molar-refractivity contribution is -0.134. The average molecular weight is 311 g/mol. The molecule has 0 bridgehead atoms. The van der Waals surface area contributed by atoms with Crippen LogP contribution in [0, 0.1) is 0 Å². The van der Waals surface area contributed by atoms with Crippen molar-refractivity contribution >= 4 is 5.95 Å². The van der Waals surface area contributed by atoms with Gasteiger partial charge < -0.3 is 5.32 Å². The van der Waals surface area contributed by atoms with Crippen molar-refractivity contribution < 1.29 is 13.2 Å². The summed E-state index contributed by atoms with van der Waals surface area (Å²) in [6.07, 6.45) is 1.71. The van der Waals surface area contributed by atoms with Gasteiger partial charge in [0.05, 0.1) is 5.69 Å². The summed E-state index contributed by atoms with van der Waals surface area (Å²) in [5, 5.41) is 3.06. The molecule has 0 fully saturated rings. The molecule has 0 aromatic carbocycles. The number of hydrogen-bond acceptors (Lipinski definition) is 5. The summed E-state index contributed by atoms with van der Waals surface area (Å²) in [6, 6.07) is 1.47. The van der Waals surface area contributed by atoms with Crippen LogP contribution in [0.25, 0.3) is 0 Å². The van der Waals surface area contributed by atoms with Crippen molar-refractivity contribution in [1.29, 1.82) is 0 Å². The number of halogens is 3. The standard InChI is InChI=1S/C14H16F3N5/c1-10(8-12-9-18-6-7-19-12)21-13-20-5-3-11(22-13)2-4-14(15,16)17/h3,5-7,9-10H,2,4,8H2,1H3,(H,20,21,22). The van der Waals surface area contributed by atoms with Gasteiger partial charge in [0.2, 0.25) is 5.95 Å². The van der Waals surface area contributed by atoms with E-state index in [1.807, 2.05) is 6.92 Å². The quantitative estimate of drug-likeness (QED) is 0.889. The van der Waals surface area contributed by atoms with E-state index in [-0.39, 0.29) is 12.5 Å². The van der Waals surface area contributed by atoms with Gasteiger partial charge in [0.1, 0.15) is 0 Å². The molecule has 5 nitrogen and oxygen atoms in total. The number of aryl methyl sites for hydroxylation is 1. The predicted octanol–water partition coefficient (Wildman–Crippen LogP) is 2.80. The Bertz CT molecular complexity index is 589. The van der Waals surface area contributed by atoms with E-state index < -0.39 is 12.6 Å². The van der Waals surface area contributed by atoms with E-state index in [1.165, 1.54) is 12.3 Å². The Kier molecular flexibility index (Phi) is 5.24. The molecule has 0 aliphatic heterocycles. The molecule has 2 rings (SSSR count). The van der Waals surface area contributed by atoms with Crippen molar-refractivity contribution in [2.24, 2.45) is 0 Å². The van der Waals surface area contributed by atoms with E-state index in [0.29, 0.717) is 18.1 Å². The summed E-state index contributed by atoms with van der Waals surface area (Å²) in [5.74, 6) is 0.316. The van der Waals surface area contributed by atoms with E-state index in [0.717, 1.165) is 5.69 Å². The van der Waals surface area contributed by atoms with Crippen LogP contribution in [0.2, 0.25) is 0 Å². The first-order valence-electron chi connectivity index (χ1n) is 6.82. The molecule has 1 N–H and O–H groups in total. The second kappa shape index (κ2) is 7.15. The first-order chi connectivity index (χ1) is 10.4. The molecule has 0 amide bonds. The molecule has 2 heterocycles. The number of aromatic nitrogens is 4. The van der Waals surface area contributed by atoms with Crippen LogP contribution >= 0.6 is 0 Å². The largest absolute Gasteiger partial charge is 0.389 e. The van der Waals surface area contributed by atoms with Crippen LogP contribution in [-0.2, 0) is 12.8 Å². The van der Waals surface area contributed by atoms with Crippen LogP contribution in [0.1, 0.15) is 24.7 Å². The predicted molar refractivity (Wildman–Crippen MR) is 75.2 cm³/mol. The second-order valence-corrected chi connectivity index (χ2v) is 4.93. The van der Waals surface area contributed by atoms with Crippen LogP contribution in [0.5, 0.6) is 0 Å². The summed E-state index contributed by atoms with van der Waals surface area (Å²) < 4.78 is 36.7. The number of nitrogens with zero attached hydrogens (tertiary/aromatic N) is 4. The van der Waals surface area contributed by atoms with E-state index in [1.54, 1.807) is 18.6 Å². The van der Waals surface area contributed by atoms with Crippen molar-refractivity contribution in [3.8, 4) is 0 Å². The van der Waals surface area contributed by atoms with Gasteiger partial charge in [-0.05, 0) is 19.4 Å². The van der Waals surface area contributed by atoms with E-state index in [2.05, 4.69) is 25.3 Å². The Morgan fingerprint density at radius 2 is 1.95 bits per heavy atom. The SMILES string of the molecule is CC(Cc1cnccn1)Nc1nccc(CCC(F)(F)F)n1. The van der Waals surface area contributed by atoms with Crippen LogP contribution < -0.4 is 5.32 Å². The third-order valence-corrected chi connectivity index (χ3v) is 2.89. The Morgan fingerprint density at radius 1 is 1.14 bits per heavy atom. The van der Waals surface area contributed by atoms with E-state index >= 15 is 0 Å². The number of hydrogen-bond donors (Lipinski definition) is 1. The fourth-order valence-electron chi connectivity index (χ4n) is 1.90. The zero-order valence-corrected chi connectivity index (χ0v) is 12.0. The van der Waals surface area contributed by atoms with Crippen LogP contribution in [0.3, 0.4) is 0 Å². The molecule has 22 heavy (non-hydrogen) atoms. The molecular weight excluding hydrogens is 295 g/mol. The highest BCUT2D eigenvalue weighted by molar-refractivity contribution is 5.27. The number of anilines is 1. The van der Waals surface area contributed by atoms with E-state index in [9.17, 15) is 13.2 Å². The summed E-state index contributed by atoms with van der Waals surface area (Å²) in [5.41, 5.74) is 1.18. The summed E-state index contributed by atoms with van der Waals surface area (Å²) in [7, 11) is 0. The highest BCUT2D eigenvalue weighted by Crippen LogP contribution is 2.21. The minimum absolute atomic E-state index is 0.0189. The highest BCUT2D eigenvalue weighted by atomic mass is 19.4. The van der Waals surface area contributed by atoms with Gasteiger partial charge in [0.25, 0.3) is 0 Å². The molecule has 2 aromatic rings. The zero-order chi connectivity index (χ0) is 16.0. The minimum Gasteiger partial charge on any atom is -0.351 e. The lowest BCUT2D eigenvalue weighted by Gasteiger charge is -2.13. The van der Waals surface area contributed by atoms with Gasteiger partial charge in [0.15, 0.2) is 0 Å². The zero-order valence-electron chi connectivity index (χ0n) is 12.0. The van der Waals surface area contributed by atoms with Gasteiger partial charge in [-0.25, -0.2) is 9.97 Å². The second-order valence-electron chi connectivity index (χ2n) is 4.93. The van der Waals surface area contributed by atoms with Crippen molar-refractivity contribution in [2.75, 3.05) is 5.32 Å². The maximum absolute atomic E-state index is 12.2. The molecule has 1 atom stereocenters. The molecule has 0 radical (unpaired) electrons. The van der Waals surface area contributed by atoms with Gasteiger partial charge in [0, 0.05) is 49.4 Å². The van der Waals surface area contributed by atoms with Crippen molar-refractivity contribution in [3.63, 3.8) is 0 Å². The molecule has 2 aromatic heterocycles. The highest BCUT2D eigenvalue weighted by Gasteiger charge is 2.26. The number of alkyl halides is 3. The van der Waals surface area contributed by atoms with Gasteiger partial charge >= 0.3 is 6.18 Å². The molecular formula is C14H16F3N5. The van der Waals surface area contributed by atoms with Gasteiger partial charge in [-0.15, -0.1) is 0 Å². The molecule has 1 unspecified atom stereocenters. The Balaban J connectivity index is 1.92. The summed E-state index contributed by atoms with van der Waals surface area (Å²) >= 11 is 0. The summed E-state index contributed by atoms with van der Waals surface area (Å²) in [4.78, 5) is 16.3. The van der Waals surface area contributed by atoms with Crippen LogP contribution in [0.4, 0.5) is 19.1 Å². The topological polar surface area (TPSA) is 63.6 Å². The van der Waals surface area contributed by atoms with Gasteiger partial charge in [-0.2, -0.15) is 13.2 Å². The van der Waals surface area contributed by atoms with Gasteiger partial charge in [-0.3, -0.25) is 9.97 Å². The maximum atomic E-state index is 12.2. The van der Waals surface area contributed by atoms with Crippen molar-refractivity contribution in [2.45, 2.75) is 38.4 Å². The molecule has 0 aliphatic rings. The van der Waals surface area contributed by atoms with E-state index in [4.69, 9.17) is 0 Å². The van der Waals surface area contributed by atoms with Gasteiger partial charge in [-0.1, -0.05) is 0 Å². The van der Waals surface area contributed by atoms with Crippen molar-refractivity contribution in [1.82, 2.24) is 19.9 Å². The van der Waals surface area contributed by atoms with Crippen LogP contribution in [-0.4, -0.2) is 32.2 Å². The smallest absolute Gasteiger partial charge is 0.351 e. The lowest BCUT2D eigenvalue weighted by Crippen LogP contribution is -2.20. The normalized spacial score (nSPS) is 12.9. The number of nitrogens with one attached hydrogen (secondary N) is 1. The third-order valence-electron chi connectivity index (χ3n) is 2.89. The average Bonchev–Trinajstić information content (AvgIpc) is 2.46.